The summed E-state index contributed by atoms with van der Waals surface area (Å²) in [5, 5.41) is 0. The van der Waals surface area contributed by atoms with Gasteiger partial charge in [0.15, 0.2) is 5.76 Å². The van der Waals surface area contributed by atoms with Crippen molar-refractivity contribution in [1.29, 1.82) is 0 Å². The molecule has 0 radical (unpaired) electrons. The van der Waals surface area contributed by atoms with E-state index in [9.17, 15) is 19.2 Å². The Hall–Kier alpha value is -3.42. The third-order valence-corrected chi connectivity index (χ3v) is 5.30. The maximum Gasteiger partial charge on any atom is 0.289 e. The van der Waals surface area contributed by atoms with Crippen LogP contribution in [0.4, 0.5) is 0 Å². The zero-order chi connectivity index (χ0) is 20.4. The van der Waals surface area contributed by atoms with Gasteiger partial charge in [-0.05, 0) is 30.7 Å². The predicted molar refractivity (Wildman–Crippen MR) is 102 cm³/mol. The zero-order valence-electron chi connectivity index (χ0n) is 15.9. The minimum Gasteiger partial charge on any atom is -0.459 e. The average molecular weight is 395 g/mol. The van der Waals surface area contributed by atoms with Crippen LogP contribution in [0.25, 0.3) is 0 Å². The van der Waals surface area contributed by atoms with Gasteiger partial charge in [-0.15, -0.1) is 0 Å². The third kappa shape index (κ3) is 3.65. The van der Waals surface area contributed by atoms with Crippen molar-refractivity contribution in [1.82, 2.24) is 14.7 Å². The number of carbonyl (C=O) groups excluding carboxylic acids is 4. The highest BCUT2D eigenvalue weighted by Crippen LogP contribution is 2.22. The molecule has 0 spiro atoms. The standard InChI is InChI=1S/C21H21N3O5/c25-18(8-11-24-19(26)15-5-1-2-6-16(15)20(24)27)22-9-4-10-23(13-12-22)21(28)17-7-3-14-29-17/h1-3,5-7,14H,4,8-13H2. The maximum atomic E-state index is 12.7. The Bertz CT molecular complexity index is 918. The van der Waals surface area contributed by atoms with E-state index < -0.39 is 0 Å². The second-order valence-corrected chi connectivity index (χ2v) is 7.06. The lowest BCUT2D eigenvalue weighted by molar-refractivity contribution is -0.131. The van der Waals surface area contributed by atoms with Gasteiger partial charge >= 0.3 is 0 Å². The molecule has 0 unspecified atom stereocenters. The summed E-state index contributed by atoms with van der Waals surface area (Å²) in [5.74, 6) is -0.742. The molecular formula is C21H21N3O5. The van der Waals surface area contributed by atoms with Crippen LogP contribution in [-0.2, 0) is 4.79 Å². The van der Waals surface area contributed by atoms with E-state index in [2.05, 4.69) is 0 Å². The first kappa shape index (κ1) is 18.9. The van der Waals surface area contributed by atoms with Crippen LogP contribution < -0.4 is 0 Å². The van der Waals surface area contributed by atoms with Gasteiger partial charge in [0.25, 0.3) is 17.7 Å². The van der Waals surface area contributed by atoms with Crippen LogP contribution in [-0.4, -0.2) is 71.1 Å². The molecule has 0 N–H and O–H groups in total. The van der Waals surface area contributed by atoms with Crippen molar-refractivity contribution < 1.29 is 23.6 Å². The molecule has 1 saturated heterocycles. The highest BCUT2D eigenvalue weighted by Gasteiger charge is 2.35. The van der Waals surface area contributed by atoms with Gasteiger partial charge in [0.1, 0.15) is 0 Å². The Labute approximate surface area is 167 Å². The molecular weight excluding hydrogens is 374 g/mol. The summed E-state index contributed by atoms with van der Waals surface area (Å²) in [6.45, 7) is 1.95. The van der Waals surface area contributed by atoms with Crippen molar-refractivity contribution in [2.45, 2.75) is 12.8 Å². The Morgan fingerprint density at radius 3 is 2.17 bits per heavy atom. The zero-order valence-corrected chi connectivity index (χ0v) is 15.9. The first-order valence-corrected chi connectivity index (χ1v) is 9.62. The monoisotopic (exact) mass is 395 g/mol. The minimum atomic E-state index is -0.357. The molecule has 29 heavy (non-hydrogen) atoms. The summed E-state index contributed by atoms with van der Waals surface area (Å²) in [7, 11) is 0. The van der Waals surface area contributed by atoms with Gasteiger partial charge in [-0.2, -0.15) is 0 Å². The van der Waals surface area contributed by atoms with Gasteiger partial charge in [-0.3, -0.25) is 24.1 Å². The molecule has 1 aromatic carbocycles. The molecule has 4 rings (SSSR count). The van der Waals surface area contributed by atoms with Crippen molar-refractivity contribution in [3.8, 4) is 0 Å². The molecule has 0 atom stereocenters. The van der Waals surface area contributed by atoms with Crippen molar-refractivity contribution >= 4 is 23.6 Å². The van der Waals surface area contributed by atoms with Crippen LogP contribution in [0, 0.1) is 0 Å². The van der Waals surface area contributed by atoms with Crippen LogP contribution in [0.3, 0.4) is 0 Å². The molecule has 0 aliphatic carbocycles. The molecule has 150 valence electrons. The number of hydrogen-bond donors (Lipinski definition) is 0. The number of nitrogens with zero attached hydrogens (tertiary/aromatic N) is 3. The Balaban J connectivity index is 1.32. The van der Waals surface area contributed by atoms with Crippen LogP contribution in [0.1, 0.15) is 44.1 Å². The van der Waals surface area contributed by atoms with E-state index in [1.165, 1.54) is 6.26 Å². The lowest BCUT2D eigenvalue weighted by Gasteiger charge is -2.22. The largest absolute Gasteiger partial charge is 0.459 e. The molecule has 1 aromatic heterocycles. The number of furan rings is 1. The van der Waals surface area contributed by atoms with Crippen molar-refractivity contribution in [2.24, 2.45) is 0 Å². The van der Waals surface area contributed by atoms with Gasteiger partial charge < -0.3 is 14.2 Å². The SMILES string of the molecule is O=C(CCN1C(=O)c2ccccc2C1=O)N1CCCN(C(=O)c2ccco2)CC1. The highest BCUT2D eigenvalue weighted by molar-refractivity contribution is 6.21. The molecule has 8 heteroatoms. The number of carbonyl (C=O) groups is 4. The molecule has 2 aliphatic rings. The Morgan fingerprint density at radius 2 is 1.52 bits per heavy atom. The molecule has 4 amide bonds. The number of benzene rings is 1. The van der Waals surface area contributed by atoms with E-state index >= 15 is 0 Å². The second kappa shape index (κ2) is 7.90. The number of hydrogen-bond acceptors (Lipinski definition) is 5. The average Bonchev–Trinajstić information content (AvgIpc) is 3.26. The summed E-state index contributed by atoms with van der Waals surface area (Å²) < 4.78 is 5.16. The summed E-state index contributed by atoms with van der Waals surface area (Å²) in [6.07, 6.45) is 2.18. The summed E-state index contributed by atoms with van der Waals surface area (Å²) >= 11 is 0. The lowest BCUT2D eigenvalue weighted by atomic mass is 10.1. The minimum absolute atomic E-state index is 0.0523. The smallest absolute Gasteiger partial charge is 0.289 e. The van der Waals surface area contributed by atoms with Gasteiger partial charge in [0.05, 0.1) is 17.4 Å². The van der Waals surface area contributed by atoms with Crippen molar-refractivity contribution in [3.05, 3.63) is 59.5 Å². The van der Waals surface area contributed by atoms with E-state index in [0.717, 1.165) is 4.90 Å². The fourth-order valence-electron chi connectivity index (χ4n) is 3.73. The first-order chi connectivity index (χ1) is 14.1. The quantitative estimate of drug-likeness (QED) is 0.734. The fraction of sp³-hybridized carbons (Fsp3) is 0.333. The molecule has 3 heterocycles. The number of fused-ring (bicyclic) bond motifs is 1. The molecule has 2 aliphatic heterocycles. The number of rotatable bonds is 4. The van der Waals surface area contributed by atoms with Crippen molar-refractivity contribution in [2.75, 3.05) is 32.7 Å². The Morgan fingerprint density at radius 1 is 0.862 bits per heavy atom. The number of amides is 4. The molecule has 2 aromatic rings. The fourth-order valence-corrected chi connectivity index (χ4v) is 3.73. The van der Waals surface area contributed by atoms with Gasteiger partial charge in [0.2, 0.25) is 5.91 Å². The van der Waals surface area contributed by atoms with Gasteiger partial charge in [0, 0.05) is 39.1 Å². The maximum absolute atomic E-state index is 12.7. The van der Waals surface area contributed by atoms with Crippen LogP contribution in [0.15, 0.2) is 47.1 Å². The molecule has 8 nitrogen and oxygen atoms in total. The van der Waals surface area contributed by atoms with Crippen LogP contribution >= 0.6 is 0 Å². The molecule has 0 bridgehead atoms. The van der Waals surface area contributed by atoms with E-state index in [-0.39, 0.29) is 42.4 Å². The summed E-state index contributed by atoms with van der Waals surface area (Å²) in [6, 6.07) is 9.96. The highest BCUT2D eigenvalue weighted by atomic mass is 16.3. The Kier molecular flexibility index (Phi) is 5.16. The summed E-state index contributed by atoms with van der Waals surface area (Å²) in [5.41, 5.74) is 0.763. The van der Waals surface area contributed by atoms with Crippen molar-refractivity contribution in [3.63, 3.8) is 0 Å². The van der Waals surface area contributed by atoms with E-state index in [1.54, 1.807) is 46.2 Å². The topological polar surface area (TPSA) is 91.1 Å². The number of imide groups is 1. The van der Waals surface area contributed by atoms with Crippen LogP contribution in [0.2, 0.25) is 0 Å². The first-order valence-electron chi connectivity index (χ1n) is 9.62. The predicted octanol–water partition coefficient (Wildman–Crippen LogP) is 1.64. The van der Waals surface area contributed by atoms with Crippen LogP contribution in [0.5, 0.6) is 0 Å². The second-order valence-electron chi connectivity index (χ2n) is 7.06. The van der Waals surface area contributed by atoms with Gasteiger partial charge in [-0.1, -0.05) is 12.1 Å². The lowest BCUT2D eigenvalue weighted by Crippen LogP contribution is -2.39. The molecule has 1 fully saturated rings. The van der Waals surface area contributed by atoms with Gasteiger partial charge in [-0.25, -0.2) is 0 Å². The van der Waals surface area contributed by atoms with E-state index in [4.69, 9.17) is 4.42 Å². The van der Waals surface area contributed by atoms with E-state index in [1.807, 2.05) is 0 Å². The molecule has 0 saturated carbocycles. The van der Waals surface area contributed by atoms with E-state index in [0.29, 0.717) is 43.7 Å². The normalized spacial score (nSPS) is 16.8. The summed E-state index contributed by atoms with van der Waals surface area (Å²) in [4.78, 5) is 54.4. The third-order valence-electron chi connectivity index (χ3n) is 5.30.